The first-order valence-electron chi connectivity index (χ1n) is 6.25. The van der Waals surface area contributed by atoms with Crippen molar-refractivity contribution in [3.8, 4) is 0 Å². The number of nitrogens with zero attached hydrogens (tertiary/aromatic N) is 1. The third-order valence-corrected chi connectivity index (χ3v) is 2.78. The molecule has 0 radical (unpaired) electrons. The maximum absolute atomic E-state index is 11.9. The van der Waals surface area contributed by atoms with Crippen LogP contribution in [0.3, 0.4) is 0 Å². The van der Waals surface area contributed by atoms with Crippen LogP contribution in [0.4, 0.5) is 4.79 Å². The number of aliphatic imine (C=N–C) groups is 1. The van der Waals surface area contributed by atoms with Crippen LogP contribution < -0.4 is 5.32 Å². The lowest BCUT2D eigenvalue weighted by Crippen LogP contribution is -2.53. The molecule has 0 fully saturated rings. The fraction of sp³-hybridized carbons (Fsp3) is 0.615. The molecule has 0 aromatic carbocycles. The zero-order chi connectivity index (χ0) is 15.4. The van der Waals surface area contributed by atoms with Crippen molar-refractivity contribution in [3.05, 3.63) is 12.3 Å². The molecule has 0 aromatic heterocycles. The summed E-state index contributed by atoms with van der Waals surface area (Å²) in [6.07, 6.45) is 3.43. The van der Waals surface area contributed by atoms with Gasteiger partial charge in [-0.2, -0.15) is 0 Å². The van der Waals surface area contributed by atoms with Gasteiger partial charge in [0.2, 0.25) is 0 Å². The summed E-state index contributed by atoms with van der Waals surface area (Å²) in [7, 11) is 0. The van der Waals surface area contributed by atoms with Gasteiger partial charge < -0.3 is 9.47 Å². The van der Waals surface area contributed by atoms with Crippen molar-refractivity contribution in [1.82, 2.24) is 5.32 Å². The second-order valence-electron chi connectivity index (χ2n) is 5.24. The Bertz CT molecular complexity index is 442. The first-order valence-corrected chi connectivity index (χ1v) is 6.63. The number of amides is 1. The third-order valence-electron chi connectivity index (χ3n) is 2.32. The van der Waals surface area contributed by atoms with Gasteiger partial charge >= 0.3 is 12.1 Å². The number of carbonyl (C=O) groups excluding carboxylic acids is 2. The van der Waals surface area contributed by atoms with Gasteiger partial charge in [0.25, 0.3) is 0 Å². The van der Waals surface area contributed by atoms with E-state index in [0.29, 0.717) is 0 Å². The Balaban J connectivity index is 2.82. The van der Waals surface area contributed by atoms with Crippen molar-refractivity contribution in [2.45, 2.75) is 38.3 Å². The van der Waals surface area contributed by atoms with Crippen LogP contribution in [0, 0.1) is 5.92 Å². The molecule has 7 heteroatoms. The summed E-state index contributed by atoms with van der Waals surface area (Å²) in [4.78, 5) is 26.1. The first-order chi connectivity index (χ1) is 9.18. The molecule has 0 aliphatic carbocycles. The van der Waals surface area contributed by atoms with E-state index in [9.17, 15) is 9.59 Å². The average Bonchev–Trinajstić information content (AvgIpc) is 2.26. The van der Waals surface area contributed by atoms with Crippen molar-refractivity contribution in [3.63, 3.8) is 0 Å². The van der Waals surface area contributed by atoms with Crippen LogP contribution in [0.2, 0.25) is 0 Å². The molecule has 0 bridgehead atoms. The number of alkyl halides is 1. The Morgan fingerprint density at radius 1 is 1.45 bits per heavy atom. The molecule has 1 amide bonds. The molecule has 1 rings (SSSR count). The van der Waals surface area contributed by atoms with Crippen LogP contribution in [0.25, 0.3) is 0 Å². The second kappa shape index (κ2) is 6.26. The minimum Gasteiger partial charge on any atom is -0.465 e. The lowest BCUT2D eigenvalue weighted by atomic mass is 9.98. The van der Waals surface area contributed by atoms with Gasteiger partial charge in [-0.15, -0.1) is 0 Å². The van der Waals surface area contributed by atoms with Crippen molar-refractivity contribution in [2.75, 3.05) is 6.61 Å². The van der Waals surface area contributed by atoms with E-state index < -0.39 is 28.6 Å². The summed E-state index contributed by atoms with van der Waals surface area (Å²) in [5, 5.41) is 2.47. The zero-order valence-corrected chi connectivity index (χ0v) is 12.7. The van der Waals surface area contributed by atoms with Crippen molar-refractivity contribution < 1.29 is 19.1 Å². The summed E-state index contributed by atoms with van der Waals surface area (Å²) >= 11 is 6.30. The monoisotopic (exact) mass is 302 g/mol. The van der Waals surface area contributed by atoms with E-state index >= 15 is 0 Å². The molecule has 1 aliphatic heterocycles. The molecule has 1 N–H and O–H groups in total. The SMILES string of the molecule is CCOC(=O)C1C=NC=CC1(Cl)NC(=O)OC(C)(C)C. The van der Waals surface area contributed by atoms with E-state index in [4.69, 9.17) is 21.1 Å². The molecule has 6 nitrogen and oxygen atoms in total. The van der Waals surface area contributed by atoms with Crippen LogP contribution in [-0.2, 0) is 14.3 Å². The maximum atomic E-state index is 11.9. The number of esters is 1. The van der Waals surface area contributed by atoms with Crippen LogP contribution in [0.15, 0.2) is 17.3 Å². The van der Waals surface area contributed by atoms with Gasteiger partial charge in [0.05, 0.1) is 6.61 Å². The number of hydrogen-bond donors (Lipinski definition) is 1. The highest BCUT2D eigenvalue weighted by Gasteiger charge is 2.43. The van der Waals surface area contributed by atoms with E-state index in [0.717, 1.165) is 0 Å². The molecule has 1 heterocycles. The van der Waals surface area contributed by atoms with E-state index in [-0.39, 0.29) is 6.61 Å². The Hall–Kier alpha value is -1.56. The van der Waals surface area contributed by atoms with Crippen molar-refractivity contribution in [1.29, 1.82) is 0 Å². The molecule has 0 saturated heterocycles. The van der Waals surface area contributed by atoms with Crippen LogP contribution in [-0.4, -0.2) is 35.5 Å². The average molecular weight is 303 g/mol. The summed E-state index contributed by atoms with van der Waals surface area (Å²) in [6, 6.07) is 0. The van der Waals surface area contributed by atoms with Gasteiger partial charge in [0.15, 0.2) is 5.00 Å². The Morgan fingerprint density at radius 2 is 2.10 bits per heavy atom. The highest BCUT2D eigenvalue weighted by molar-refractivity contribution is 6.29. The normalized spacial score (nSPS) is 25.1. The van der Waals surface area contributed by atoms with Crippen LogP contribution in [0.1, 0.15) is 27.7 Å². The van der Waals surface area contributed by atoms with Gasteiger partial charge in [0.1, 0.15) is 11.5 Å². The van der Waals surface area contributed by atoms with Gasteiger partial charge in [-0.3, -0.25) is 15.1 Å². The predicted molar refractivity (Wildman–Crippen MR) is 75.7 cm³/mol. The van der Waals surface area contributed by atoms with E-state index in [1.165, 1.54) is 18.5 Å². The molecular formula is C13H19ClN2O4. The summed E-state index contributed by atoms with van der Waals surface area (Å²) in [5.41, 5.74) is -0.663. The van der Waals surface area contributed by atoms with Gasteiger partial charge in [-0.05, 0) is 33.8 Å². The number of carbonyl (C=O) groups is 2. The van der Waals surface area contributed by atoms with Gasteiger partial charge in [-0.1, -0.05) is 11.6 Å². The van der Waals surface area contributed by atoms with E-state index in [2.05, 4.69) is 10.3 Å². The minimum atomic E-state index is -1.45. The number of halogens is 1. The number of rotatable bonds is 3. The van der Waals surface area contributed by atoms with E-state index in [1.807, 2.05) is 0 Å². The molecule has 112 valence electrons. The minimum absolute atomic E-state index is 0.215. The number of alkyl carbamates (subject to hydrolysis) is 1. The Labute approximate surface area is 123 Å². The molecule has 20 heavy (non-hydrogen) atoms. The largest absolute Gasteiger partial charge is 0.465 e. The van der Waals surface area contributed by atoms with E-state index in [1.54, 1.807) is 27.7 Å². The van der Waals surface area contributed by atoms with Gasteiger partial charge in [-0.25, -0.2) is 4.79 Å². The summed E-state index contributed by atoms with van der Waals surface area (Å²) in [5.74, 6) is -1.48. The lowest BCUT2D eigenvalue weighted by Gasteiger charge is -2.32. The van der Waals surface area contributed by atoms with Crippen LogP contribution >= 0.6 is 11.6 Å². The molecule has 2 atom stereocenters. The fourth-order valence-electron chi connectivity index (χ4n) is 1.54. The second-order valence-corrected chi connectivity index (χ2v) is 5.86. The topological polar surface area (TPSA) is 77.0 Å². The highest BCUT2D eigenvalue weighted by atomic mass is 35.5. The number of nitrogens with one attached hydrogen (secondary N) is 1. The summed E-state index contributed by atoms with van der Waals surface area (Å²) in [6.45, 7) is 7.09. The molecule has 0 saturated carbocycles. The third kappa shape index (κ3) is 4.52. The smallest absolute Gasteiger partial charge is 0.409 e. The van der Waals surface area contributed by atoms with Crippen molar-refractivity contribution in [2.24, 2.45) is 10.9 Å². The molecule has 0 spiro atoms. The standard InChI is InChI=1S/C13H19ClN2O4/c1-5-19-10(17)9-8-15-7-6-13(9,14)16-11(18)20-12(2,3)4/h6-9H,5H2,1-4H3,(H,16,18). The van der Waals surface area contributed by atoms with Gasteiger partial charge in [0, 0.05) is 12.4 Å². The maximum Gasteiger partial charge on any atom is 0.409 e. The number of ether oxygens (including phenoxy) is 2. The molecule has 1 aliphatic rings. The summed E-state index contributed by atoms with van der Waals surface area (Å²) < 4.78 is 10.0. The van der Waals surface area contributed by atoms with Crippen LogP contribution in [0.5, 0.6) is 0 Å². The molecule has 0 aromatic rings. The Kier molecular flexibility index (Phi) is 5.16. The first kappa shape index (κ1) is 16.5. The van der Waals surface area contributed by atoms with Crippen molar-refractivity contribution >= 4 is 29.9 Å². The zero-order valence-electron chi connectivity index (χ0n) is 12.0. The molecular weight excluding hydrogens is 284 g/mol. The quantitative estimate of drug-likeness (QED) is 0.493. The fourth-order valence-corrected chi connectivity index (χ4v) is 1.82. The Morgan fingerprint density at radius 3 is 2.65 bits per heavy atom. The lowest BCUT2D eigenvalue weighted by molar-refractivity contribution is -0.146. The predicted octanol–water partition coefficient (Wildman–Crippen LogP) is 2.22. The molecule has 2 unspecified atom stereocenters. The highest BCUT2D eigenvalue weighted by Crippen LogP contribution is 2.28. The number of hydrogen-bond acceptors (Lipinski definition) is 5.